The molecule has 3 rings (SSSR count). The number of ether oxygens (including phenoxy) is 3. The summed E-state index contributed by atoms with van der Waals surface area (Å²) in [5.74, 6) is -1.31. The quantitative estimate of drug-likeness (QED) is 0.472. The van der Waals surface area contributed by atoms with Crippen molar-refractivity contribution in [3.63, 3.8) is 0 Å². The van der Waals surface area contributed by atoms with E-state index in [1.54, 1.807) is 24.3 Å². The van der Waals surface area contributed by atoms with Crippen LogP contribution in [0.25, 0.3) is 0 Å². The Morgan fingerprint density at radius 3 is 2.52 bits per heavy atom. The van der Waals surface area contributed by atoms with E-state index in [9.17, 15) is 19.7 Å². The normalized spacial score (nSPS) is 12.2. The first-order valence-corrected chi connectivity index (χ1v) is 8.13. The molecule has 27 heavy (non-hydrogen) atoms. The van der Waals surface area contributed by atoms with E-state index >= 15 is 0 Å². The fraction of sp³-hybridized carbons (Fsp3) is 0.176. The van der Waals surface area contributed by atoms with E-state index in [1.807, 2.05) is 0 Å². The molecule has 1 heterocycles. The van der Waals surface area contributed by atoms with Gasteiger partial charge in [-0.3, -0.25) is 14.9 Å². The number of halogens is 1. The highest BCUT2D eigenvalue weighted by Crippen LogP contribution is 2.36. The van der Waals surface area contributed by atoms with Gasteiger partial charge in [0.2, 0.25) is 0 Å². The number of anilines is 1. The first-order valence-electron chi connectivity index (χ1n) is 7.75. The molecule has 1 aliphatic heterocycles. The third-order valence-corrected chi connectivity index (χ3v) is 3.89. The second kappa shape index (κ2) is 7.92. The van der Waals surface area contributed by atoms with Crippen molar-refractivity contribution in [3.8, 4) is 11.5 Å². The monoisotopic (exact) mass is 392 g/mol. The summed E-state index contributed by atoms with van der Waals surface area (Å²) in [5, 5.41) is 14.0. The van der Waals surface area contributed by atoms with Crippen LogP contribution in [0.4, 0.5) is 11.4 Å². The van der Waals surface area contributed by atoms with Gasteiger partial charge in [0.25, 0.3) is 11.6 Å². The van der Waals surface area contributed by atoms with Crippen LogP contribution >= 0.6 is 11.6 Å². The number of nitrogens with one attached hydrogen (secondary N) is 1. The maximum Gasteiger partial charge on any atom is 0.345 e. The summed E-state index contributed by atoms with van der Waals surface area (Å²) >= 11 is 5.93. The topological polar surface area (TPSA) is 117 Å². The van der Waals surface area contributed by atoms with Crippen LogP contribution in [0, 0.1) is 10.1 Å². The number of benzene rings is 2. The molecular formula is C17H13ClN2O7. The Hall–Kier alpha value is -3.33. The number of nitro groups is 1. The lowest BCUT2D eigenvalue weighted by molar-refractivity contribution is -0.385. The summed E-state index contributed by atoms with van der Waals surface area (Å²) in [7, 11) is 0. The summed E-state index contributed by atoms with van der Waals surface area (Å²) in [4.78, 5) is 34.7. The molecule has 0 unspecified atom stereocenters. The highest BCUT2D eigenvalue weighted by Gasteiger charge is 2.27. The molecule has 0 saturated heterocycles. The van der Waals surface area contributed by atoms with Gasteiger partial charge >= 0.3 is 5.97 Å². The third kappa shape index (κ3) is 4.26. The molecule has 1 aliphatic rings. The number of nitrogens with zero attached hydrogens (tertiary/aromatic N) is 1. The Morgan fingerprint density at radius 2 is 1.85 bits per heavy atom. The van der Waals surface area contributed by atoms with E-state index < -0.39 is 29.1 Å². The average Bonchev–Trinajstić information content (AvgIpc) is 2.66. The van der Waals surface area contributed by atoms with Crippen LogP contribution in [0.2, 0.25) is 5.02 Å². The Morgan fingerprint density at radius 1 is 1.19 bits per heavy atom. The molecule has 1 N–H and O–H groups in total. The lowest BCUT2D eigenvalue weighted by Gasteiger charge is -2.18. The number of hydrogen-bond acceptors (Lipinski definition) is 7. The van der Waals surface area contributed by atoms with Gasteiger partial charge in [0, 0.05) is 6.07 Å². The van der Waals surface area contributed by atoms with Gasteiger partial charge in [0.1, 0.15) is 18.8 Å². The zero-order chi connectivity index (χ0) is 19.4. The van der Waals surface area contributed by atoms with Gasteiger partial charge in [-0.2, -0.15) is 0 Å². The molecule has 0 saturated carbocycles. The molecule has 0 aromatic heterocycles. The molecule has 0 radical (unpaired) electrons. The van der Waals surface area contributed by atoms with Crippen LogP contribution < -0.4 is 14.8 Å². The summed E-state index contributed by atoms with van der Waals surface area (Å²) < 4.78 is 15.5. The molecule has 2 aromatic carbocycles. The molecule has 140 valence electrons. The average molecular weight is 393 g/mol. The number of amides is 1. The SMILES string of the molecule is O=C(COC(=O)c1cc2c(cc1[N+](=O)[O-])OCCO2)Nc1ccccc1Cl. The number of carbonyl (C=O) groups excluding carboxylic acids is 2. The van der Waals surface area contributed by atoms with Crippen molar-refractivity contribution in [1.82, 2.24) is 0 Å². The highest BCUT2D eigenvalue weighted by molar-refractivity contribution is 6.33. The minimum Gasteiger partial charge on any atom is -0.486 e. The fourth-order valence-corrected chi connectivity index (χ4v) is 2.53. The van der Waals surface area contributed by atoms with E-state index in [0.717, 1.165) is 6.07 Å². The smallest absolute Gasteiger partial charge is 0.345 e. The van der Waals surface area contributed by atoms with Crippen molar-refractivity contribution in [1.29, 1.82) is 0 Å². The minimum atomic E-state index is -1.03. The Bertz CT molecular complexity index is 916. The third-order valence-electron chi connectivity index (χ3n) is 3.56. The molecule has 0 fully saturated rings. The van der Waals surface area contributed by atoms with Crippen LogP contribution in [-0.4, -0.2) is 36.6 Å². The molecule has 0 aliphatic carbocycles. The maximum atomic E-state index is 12.3. The summed E-state index contributed by atoms with van der Waals surface area (Å²) in [5.41, 5.74) is -0.490. The van der Waals surface area contributed by atoms with Gasteiger partial charge in [-0.15, -0.1) is 0 Å². The summed E-state index contributed by atoms with van der Waals surface area (Å²) in [6.45, 7) is -0.147. The Kier molecular flexibility index (Phi) is 5.41. The van der Waals surface area contributed by atoms with Crippen LogP contribution in [0.1, 0.15) is 10.4 Å². The first kappa shape index (κ1) is 18.5. The summed E-state index contributed by atoms with van der Waals surface area (Å²) in [6, 6.07) is 8.79. The molecular weight excluding hydrogens is 380 g/mol. The molecule has 0 atom stereocenters. The van der Waals surface area contributed by atoms with Crippen molar-refractivity contribution in [3.05, 3.63) is 57.1 Å². The fourth-order valence-electron chi connectivity index (χ4n) is 2.35. The van der Waals surface area contributed by atoms with Crippen molar-refractivity contribution in [2.45, 2.75) is 0 Å². The number of nitro benzene ring substituents is 1. The molecule has 2 aromatic rings. The van der Waals surface area contributed by atoms with E-state index in [-0.39, 0.29) is 30.3 Å². The van der Waals surface area contributed by atoms with Crippen molar-refractivity contribution >= 4 is 34.9 Å². The number of rotatable bonds is 5. The van der Waals surface area contributed by atoms with Crippen molar-refractivity contribution < 1.29 is 28.7 Å². The van der Waals surface area contributed by atoms with E-state index in [2.05, 4.69) is 5.32 Å². The molecule has 10 heteroatoms. The number of para-hydroxylation sites is 1. The Balaban J connectivity index is 1.71. The van der Waals surface area contributed by atoms with Crippen LogP contribution in [0.5, 0.6) is 11.5 Å². The molecule has 0 spiro atoms. The number of hydrogen-bond donors (Lipinski definition) is 1. The number of esters is 1. The zero-order valence-electron chi connectivity index (χ0n) is 13.8. The lowest BCUT2D eigenvalue weighted by atomic mass is 10.1. The predicted octanol–water partition coefficient (Wildman–Crippen LogP) is 2.81. The van der Waals surface area contributed by atoms with Crippen LogP contribution in [0.3, 0.4) is 0 Å². The second-order valence-electron chi connectivity index (χ2n) is 5.37. The summed E-state index contributed by atoms with van der Waals surface area (Å²) in [6.07, 6.45) is 0. The largest absolute Gasteiger partial charge is 0.486 e. The lowest BCUT2D eigenvalue weighted by Crippen LogP contribution is -2.22. The number of carbonyl (C=O) groups is 2. The van der Waals surface area contributed by atoms with Gasteiger partial charge in [-0.1, -0.05) is 23.7 Å². The second-order valence-corrected chi connectivity index (χ2v) is 5.78. The van der Waals surface area contributed by atoms with Crippen molar-refractivity contribution in [2.75, 3.05) is 25.1 Å². The first-order chi connectivity index (χ1) is 13.0. The highest BCUT2D eigenvalue weighted by atomic mass is 35.5. The van der Waals surface area contributed by atoms with E-state index in [1.165, 1.54) is 6.07 Å². The molecule has 9 nitrogen and oxygen atoms in total. The van der Waals surface area contributed by atoms with Crippen LogP contribution in [0.15, 0.2) is 36.4 Å². The van der Waals surface area contributed by atoms with Crippen molar-refractivity contribution in [2.24, 2.45) is 0 Å². The van der Waals surface area contributed by atoms with Gasteiger partial charge < -0.3 is 19.5 Å². The standard InChI is InChI=1S/C17H13ClN2O7/c18-11-3-1-2-4-12(11)19-16(21)9-27-17(22)10-7-14-15(26-6-5-25-14)8-13(10)20(23)24/h1-4,7-8H,5-6,9H2,(H,19,21). The Labute approximate surface area is 157 Å². The molecule has 0 bridgehead atoms. The van der Waals surface area contributed by atoms with E-state index in [0.29, 0.717) is 10.7 Å². The van der Waals surface area contributed by atoms with Gasteiger partial charge in [0.15, 0.2) is 18.1 Å². The van der Waals surface area contributed by atoms with Gasteiger partial charge in [0.05, 0.1) is 21.7 Å². The van der Waals surface area contributed by atoms with Gasteiger partial charge in [-0.05, 0) is 12.1 Å². The van der Waals surface area contributed by atoms with E-state index in [4.69, 9.17) is 25.8 Å². The minimum absolute atomic E-state index is 0.168. The zero-order valence-corrected chi connectivity index (χ0v) is 14.5. The van der Waals surface area contributed by atoms with Crippen LogP contribution in [-0.2, 0) is 9.53 Å². The molecule has 1 amide bonds. The predicted molar refractivity (Wildman–Crippen MR) is 94.5 cm³/mol. The number of fused-ring (bicyclic) bond motifs is 1. The maximum absolute atomic E-state index is 12.3. The van der Waals surface area contributed by atoms with Gasteiger partial charge in [-0.25, -0.2) is 4.79 Å².